The van der Waals surface area contributed by atoms with Crippen LogP contribution in [-0.2, 0) is 28.4 Å². The number of carboxylic acid groups (broad SMARTS) is 1. The molecule has 0 bridgehead atoms. The summed E-state index contributed by atoms with van der Waals surface area (Å²) in [6, 6.07) is 0. The quantitative estimate of drug-likeness (QED) is 0.853. The molecule has 106 valence electrons. The van der Waals surface area contributed by atoms with E-state index in [-0.39, 0.29) is 11.8 Å². The lowest BCUT2D eigenvalue weighted by atomic mass is 10.1. The largest absolute Gasteiger partial charge is 0.481 e. The lowest BCUT2D eigenvalue weighted by Crippen LogP contribution is -2.18. The summed E-state index contributed by atoms with van der Waals surface area (Å²) in [6.07, 6.45) is 1.87. The number of aromatic nitrogens is 2. The number of carboxylic acids is 1. The number of hydrogen-bond acceptors (Lipinski definition) is 3. The van der Waals surface area contributed by atoms with Crippen molar-refractivity contribution in [2.24, 2.45) is 12.5 Å². The molecule has 0 spiro atoms. The third kappa shape index (κ3) is 3.45. The van der Waals surface area contributed by atoms with Crippen LogP contribution >= 0.6 is 15.9 Å². The van der Waals surface area contributed by atoms with E-state index >= 15 is 0 Å². The second kappa shape index (κ2) is 5.36. The fourth-order valence-corrected chi connectivity index (χ4v) is 4.73. The van der Waals surface area contributed by atoms with Gasteiger partial charge in [-0.3, -0.25) is 13.7 Å². The van der Waals surface area contributed by atoms with E-state index in [1.807, 2.05) is 14.0 Å². The molecule has 5 nitrogen and oxygen atoms in total. The van der Waals surface area contributed by atoms with Crippen molar-refractivity contribution in [1.29, 1.82) is 0 Å². The zero-order chi connectivity index (χ0) is 14.2. The van der Waals surface area contributed by atoms with E-state index in [0.29, 0.717) is 11.5 Å². The molecule has 1 saturated carbocycles. The third-order valence-electron chi connectivity index (χ3n) is 3.51. The van der Waals surface area contributed by atoms with E-state index in [2.05, 4.69) is 21.0 Å². The summed E-state index contributed by atoms with van der Waals surface area (Å²) in [4.78, 5) is 10.8. The summed E-state index contributed by atoms with van der Waals surface area (Å²) in [7, 11) is 0.772. The number of hydrogen-bond donors (Lipinski definition) is 1. The van der Waals surface area contributed by atoms with E-state index < -0.39 is 16.8 Å². The minimum absolute atomic E-state index is 0.129. The van der Waals surface area contributed by atoms with Gasteiger partial charge in [-0.25, -0.2) is 0 Å². The molecule has 2 rings (SSSR count). The normalized spacial score (nSPS) is 18.3. The van der Waals surface area contributed by atoms with Gasteiger partial charge in [0.05, 0.1) is 28.0 Å². The Morgan fingerprint density at radius 3 is 2.63 bits per heavy atom. The van der Waals surface area contributed by atoms with Gasteiger partial charge >= 0.3 is 5.97 Å². The summed E-state index contributed by atoms with van der Waals surface area (Å²) >= 11 is 3.45. The molecule has 0 saturated heterocycles. The highest BCUT2D eigenvalue weighted by molar-refractivity contribution is 9.10. The maximum absolute atomic E-state index is 12.2. The molecule has 1 atom stereocenters. The Bertz CT molecular complexity index is 537. The molecule has 1 unspecified atom stereocenters. The number of aryl methyl sites for hydroxylation is 2. The van der Waals surface area contributed by atoms with Gasteiger partial charge in [-0.1, -0.05) is 0 Å². The number of nitrogens with zero attached hydrogens (tertiary/aromatic N) is 2. The van der Waals surface area contributed by atoms with Gasteiger partial charge < -0.3 is 5.11 Å². The van der Waals surface area contributed by atoms with Gasteiger partial charge in [-0.05, 0) is 41.1 Å². The van der Waals surface area contributed by atoms with E-state index in [9.17, 15) is 9.00 Å². The minimum Gasteiger partial charge on any atom is -0.481 e. The lowest BCUT2D eigenvalue weighted by Gasteiger charge is -2.12. The van der Waals surface area contributed by atoms with Crippen molar-refractivity contribution in [3.8, 4) is 0 Å². The van der Waals surface area contributed by atoms with Crippen LogP contribution in [0.5, 0.6) is 0 Å². The first-order valence-electron chi connectivity index (χ1n) is 6.08. The van der Waals surface area contributed by atoms with Gasteiger partial charge in [0.25, 0.3) is 0 Å². The second-order valence-corrected chi connectivity index (χ2v) is 7.52. The van der Waals surface area contributed by atoms with Crippen LogP contribution in [-0.4, -0.2) is 30.8 Å². The van der Waals surface area contributed by atoms with Crippen molar-refractivity contribution in [1.82, 2.24) is 9.78 Å². The lowest BCUT2D eigenvalue weighted by molar-refractivity contribution is -0.138. The fraction of sp³-hybridized carbons (Fsp3) is 0.667. The Hall–Kier alpha value is -0.690. The molecule has 19 heavy (non-hydrogen) atoms. The highest BCUT2D eigenvalue weighted by Gasteiger charge is 2.45. The molecule has 1 N–H and O–H groups in total. The maximum atomic E-state index is 12.2. The molecule has 0 radical (unpaired) electrons. The van der Waals surface area contributed by atoms with Crippen LogP contribution in [0.15, 0.2) is 4.47 Å². The Morgan fingerprint density at radius 2 is 2.21 bits per heavy atom. The van der Waals surface area contributed by atoms with E-state index in [1.165, 1.54) is 0 Å². The van der Waals surface area contributed by atoms with Crippen molar-refractivity contribution in [2.45, 2.75) is 31.9 Å². The predicted octanol–water partition coefficient (Wildman–Crippen LogP) is 1.99. The Balaban J connectivity index is 2.00. The molecule has 7 heteroatoms. The van der Waals surface area contributed by atoms with Crippen molar-refractivity contribution in [3.05, 3.63) is 15.9 Å². The topological polar surface area (TPSA) is 72.2 Å². The highest BCUT2D eigenvalue weighted by Crippen LogP contribution is 2.49. The molecule has 1 aromatic rings. The Labute approximate surface area is 123 Å². The molecular formula is C12H17BrN2O3S. The summed E-state index contributed by atoms with van der Waals surface area (Å²) < 4.78 is 14.8. The molecule has 1 aliphatic carbocycles. The maximum Gasteiger partial charge on any atom is 0.303 e. The van der Waals surface area contributed by atoms with Crippen LogP contribution in [0.1, 0.15) is 30.7 Å². The summed E-state index contributed by atoms with van der Waals surface area (Å²) in [6.45, 7) is 1.89. The molecule has 1 fully saturated rings. The molecule has 0 amide bonds. The average molecular weight is 349 g/mol. The van der Waals surface area contributed by atoms with Gasteiger partial charge in [0, 0.05) is 23.6 Å². The Morgan fingerprint density at radius 1 is 1.58 bits per heavy atom. The highest BCUT2D eigenvalue weighted by atomic mass is 79.9. The molecule has 1 aliphatic rings. The zero-order valence-corrected chi connectivity index (χ0v) is 13.4. The van der Waals surface area contributed by atoms with Gasteiger partial charge in [0.15, 0.2) is 0 Å². The first-order chi connectivity index (χ1) is 8.83. The van der Waals surface area contributed by atoms with Crippen LogP contribution in [0, 0.1) is 12.3 Å². The van der Waals surface area contributed by atoms with Crippen LogP contribution in [0.3, 0.4) is 0 Å². The minimum atomic E-state index is -1.06. The van der Waals surface area contributed by atoms with E-state index in [0.717, 1.165) is 28.7 Å². The second-order valence-electron chi connectivity index (χ2n) is 5.27. The van der Waals surface area contributed by atoms with Crippen molar-refractivity contribution in [3.63, 3.8) is 0 Å². The smallest absolute Gasteiger partial charge is 0.303 e. The summed E-state index contributed by atoms with van der Waals surface area (Å²) in [5.41, 5.74) is 1.56. The van der Waals surface area contributed by atoms with E-state index in [4.69, 9.17) is 5.11 Å². The van der Waals surface area contributed by atoms with Crippen LogP contribution in [0.2, 0.25) is 0 Å². The molecule has 0 aliphatic heterocycles. The third-order valence-corrected chi connectivity index (χ3v) is 6.07. The van der Waals surface area contributed by atoms with Gasteiger partial charge in [0.1, 0.15) is 0 Å². The average Bonchev–Trinajstić information content (AvgIpc) is 2.97. The monoisotopic (exact) mass is 348 g/mol. The molecule has 1 heterocycles. The van der Waals surface area contributed by atoms with Gasteiger partial charge in [-0.15, -0.1) is 0 Å². The van der Waals surface area contributed by atoms with Crippen LogP contribution < -0.4 is 0 Å². The van der Waals surface area contributed by atoms with Crippen molar-refractivity contribution < 1.29 is 14.1 Å². The van der Waals surface area contributed by atoms with Crippen molar-refractivity contribution in [2.75, 3.05) is 5.75 Å². The Kier molecular flexibility index (Phi) is 4.15. The first-order valence-corrected chi connectivity index (χ1v) is 8.36. The number of aliphatic carboxylic acids is 1. The number of halogens is 1. The summed E-state index contributed by atoms with van der Waals surface area (Å²) in [5, 5.41) is 13.1. The van der Waals surface area contributed by atoms with E-state index in [1.54, 1.807) is 4.68 Å². The van der Waals surface area contributed by atoms with Crippen molar-refractivity contribution >= 4 is 32.7 Å². The van der Waals surface area contributed by atoms with Crippen LogP contribution in [0.25, 0.3) is 0 Å². The predicted molar refractivity (Wildman–Crippen MR) is 76.3 cm³/mol. The first kappa shape index (κ1) is 14.7. The number of carbonyl (C=O) groups is 1. The molecule has 1 aromatic heterocycles. The van der Waals surface area contributed by atoms with Gasteiger partial charge in [-0.2, -0.15) is 5.10 Å². The molecular weight excluding hydrogens is 332 g/mol. The fourth-order valence-electron chi connectivity index (χ4n) is 2.25. The number of rotatable bonds is 6. The summed E-state index contributed by atoms with van der Waals surface area (Å²) in [5.74, 6) is 0.0852. The van der Waals surface area contributed by atoms with Gasteiger partial charge in [0.2, 0.25) is 0 Å². The van der Waals surface area contributed by atoms with Crippen LogP contribution in [0.4, 0.5) is 0 Å². The zero-order valence-electron chi connectivity index (χ0n) is 11.0. The molecule has 0 aromatic carbocycles. The standard InChI is InChI=1S/C12H17BrN2O3S/c1-8-11(13)9(15(2)14-8)6-19(18)7-12(3-4-12)5-10(16)17/h3-7H2,1-2H3,(H,16,17). The SMILES string of the molecule is Cc1nn(C)c(CS(=O)CC2(CC(=O)O)CC2)c1Br.